The normalized spacial score (nSPS) is 19.3. The van der Waals surface area contributed by atoms with Crippen molar-refractivity contribution in [3.05, 3.63) is 30.2 Å². The third kappa shape index (κ3) is 3.88. The van der Waals surface area contributed by atoms with Crippen LogP contribution in [0.3, 0.4) is 0 Å². The van der Waals surface area contributed by atoms with E-state index < -0.39 is 0 Å². The number of halogens is 1. The molecule has 4 rings (SSSR count). The molecular weight excluding hydrogens is 394 g/mol. The van der Waals surface area contributed by atoms with Crippen molar-refractivity contribution in [3.63, 3.8) is 0 Å². The van der Waals surface area contributed by atoms with Crippen LogP contribution >= 0.6 is 11.6 Å². The summed E-state index contributed by atoms with van der Waals surface area (Å²) in [7, 11) is 1.83. The number of aromatic nitrogens is 6. The Morgan fingerprint density at radius 2 is 2.28 bits per heavy atom. The van der Waals surface area contributed by atoms with Gasteiger partial charge in [-0.05, 0) is 18.4 Å². The molecule has 0 spiro atoms. The Morgan fingerprint density at radius 3 is 3.00 bits per heavy atom. The molecule has 3 aromatic heterocycles. The molecule has 3 aromatic rings. The van der Waals surface area contributed by atoms with Crippen LogP contribution in [0, 0.1) is 5.92 Å². The summed E-state index contributed by atoms with van der Waals surface area (Å²) in [4.78, 5) is 22.9. The van der Waals surface area contributed by atoms with Gasteiger partial charge in [-0.2, -0.15) is 20.2 Å². The Kier molecular flexibility index (Phi) is 5.10. The number of carbonyl (C=O) groups is 1. The number of piperidine rings is 1. The third-order valence-electron chi connectivity index (χ3n) is 5.10. The summed E-state index contributed by atoms with van der Waals surface area (Å²) in [6, 6.07) is 0.00274. The zero-order valence-electron chi connectivity index (χ0n) is 16.2. The maximum absolute atomic E-state index is 12.1. The number of carbonyl (C=O) groups excluding carboxylic acids is 1. The Morgan fingerprint density at radius 1 is 1.45 bits per heavy atom. The number of nitrogens with one attached hydrogen (secondary N) is 3. The van der Waals surface area contributed by atoms with Crippen LogP contribution in [0.15, 0.2) is 25.0 Å². The predicted octanol–water partition coefficient (Wildman–Crippen LogP) is 2.32. The number of aromatic amines is 1. The zero-order valence-corrected chi connectivity index (χ0v) is 16.9. The topological polar surface area (TPSA) is 117 Å². The van der Waals surface area contributed by atoms with E-state index in [1.54, 1.807) is 15.8 Å². The molecule has 1 amide bonds. The molecule has 2 atom stereocenters. The fourth-order valence-corrected chi connectivity index (χ4v) is 3.65. The number of anilines is 3. The van der Waals surface area contributed by atoms with Gasteiger partial charge in [0.2, 0.25) is 11.9 Å². The zero-order chi connectivity index (χ0) is 20.5. The van der Waals surface area contributed by atoms with Gasteiger partial charge in [0.25, 0.3) is 0 Å². The van der Waals surface area contributed by atoms with Crippen molar-refractivity contribution in [2.75, 3.05) is 23.7 Å². The Hall–Kier alpha value is -3.14. The van der Waals surface area contributed by atoms with Crippen LogP contribution in [0.1, 0.15) is 13.3 Å². The number of rotatable bonds is 5. The highest BCUT2D eigenvalue weighted by atomic mass is 35.5. The first-order chi connectivity index (χ1) is 13.9. The molecule has 29 heavy (non-hydrogen) atoms. The van der Waals surface area contributed by atoms with Crippen molar-refractivity contribution in [2.45, 2.75) is 19.4 Å². The summed E-state index contributed by atoms with van der Waals surface area (Å²) >= 11 is 6.28. The van der Waals surface area contributed by atoms with Crippen molar-refractivity contribution in [2.24, 2.45) is 13.0 Å². The number of likely N-dealkylation sites (tertiary alicyclic amines) is 1. The third-order valence-corrected chi connectivity index (χ3v) is 5.38. The summed E-state index contributed by atoms with van der Waals surface area (Å²) in [5.41, 5.74) is 1.28. The fraction of sp³-hybridized carbons (Fsp3) is 0.389. The lowest BCUT2D eigenvalue weighted by Crippen LogP contribution is -2.48. The van der Waals surface area contributed by atoms with Crippen LogP contribution in [0.2, 0.25) is 5.15 Å². The maximum atomic E-state index is 12.1. The van der Waals surface area contributed by atoms with Crippen LogP contribution in [-0.2, 0) is 11.8 Å². The number of aryl methyl sites for hydroxylation is 1. The van der Waals surface area contributed by atoms with Crippen LogP contribution < -0.4 is 10.6 Å². The van der Waals surface area contributed by atoms with Crippen molar-refractivity contribution in [3.8, 4) is 0 Å². The summed E-state index contributed by atoms with van der Waals surface area (Å²) < 4.78 is 1.68. The molecule has 1 saturated heterocycles. The summed E-state index contributed by atoms with van der Waals surface area (Å²) in [6.45, 7) is 7.00. The quantitative estimate of drug-likeness (QED) is 0.547. The average Bonchev–Trinajstić information content (AvgIpc) is 3.28. The molecule has 0 radical (unpaired) electrons. The van der Waals surface area contributed by atoms with Crippen LogP contribution in [0.4, 0.5) is 17.5 Å². The monoisotopic (exact) mass is 415 g/mol. The van der Waals surface area contributed by atoms with E-state index in [0.29, 0.717) is 41.8 Å². The van der Waals surface area contributed by atoms with E-state index in [1.807, 2.05) is 13.2 Å². The van der Waals surface area contributed by atoms with Crippen molar-refractivity contribution >= 4 is 46.0 Å². The van der Waals surface area contributed by atoms with E-state index in [0.717, 1.165) is 12.1 Å². The second kappa shape index (κ2) is 7.70. The highest BCUT2D eigenvalue weighted by molar-refractivity contribution is 6.35. The Bertz CT molecular complexity index is 1060. The van der Waals surface area contributed by atoms with E-state index in [4.69, 9.17) is 11.6 Å². The molecule has 3 N–H and O–H groups in total. The lowest BCUT2D eigenvalue weighted by atomic mass is 9.93. The van der Waals surface area contributed by atoms with Crippen molar-refractivity contribution < 1.29 is 4.79 Å². The van der Waals surface area contributed by atoms with Gasteiger partial charge in [0.15, 0.2) is 10.8 Å². The van der Waals surface area contributed by atoms with Crippen LogP contribution in [0.25, 0.3) is 11.0 Å². The van der Waals surface area contributed by atoms with Gasteiger partial charge in [0.1, 0.15) is 11.2 Å². The van der Waals surface area contributed by atoms with Crippen molar-refractivity contribution in [1.29, 1.82) is 0 Å². The number of fused-ring (bicyclic) bond motifs is 1. The van der Waals surface area contributed by atoms with Crippen LogP contribution in [0.5, 0.6) is 0 Å². The summed E-state index contributed by atoms with van der Waals surface area (Å²) in [5.74, 6) is 1.21. The summed E-state index contributed by atoms with van der Waals surface area (Å²) in [6.07, 6.45) is 5.73. The smallest absolute Gasteiger partial charge is 0.246 e. The van der Waals surface area contributed by atoms with Gasteiger partial charge in [-0.15, -0.1) is 0 Å². The first-order valence-corrected chi connectivity index (χ1v) is 9.67. The highest BCUT2D eigenvalue weighted by Gasteiger charge is 2.29. The van der Waals surface area contributed by atoms with Gasteiger partial charge in [-0.25, -0.2) is 0 Å². The molecular formula is C18H22ClN9O. The summed E-state index contributed by atoms with van der Waals surface area (Å²) in [5, 5.41) is 18.5. The molecule has 0 aliphatic carbocycles. The van der Waals surface area contributed by atoms with Gasteiger partial charge >= 0.3 is 0 Å². The molecule has 1 aliphatic rings. The number of H-pyrrole nitrogens is 1. The molecule has 0 bridgehead atoms. The molecule has 0 saturated carbocycles. The second-order valence-corrected chi connectivity index (χ2v) is 7.52. The van der Waals surface area contributed by atoms with E-state index >= 15 is 0 Å². The number of amides is 1. The van der Waals surface area contributed by atoms with Gasteiger partial charge < -0.3 is 15.5 Å². The molecule has 11 heteroatoms. The Balaban J connectivity index is 1.65. The lowest BCUT2D eigenvalue weighted by Gasteiger charge is -2.37. The molecule has 0 aromatic carbocycles. The van der Waals surface area contributed by atoms with Gasteiger partial charge in [-0.3, -0.25) is 14.6 Å². The number of hydrogen-bond acceptors (Lipinski definition) is 7. The predicted molar refractivity (Wildman–Crippen MR) is 111 cm³/mol. The lowest BCUT2D eigenvalue weighted by molar-refractivity contribution is -0.127. The first kappa shape index (κ1) is 19.2. The molecule has 152 valence electrons. The van der Waals surface area contributed by atoms with E-state index in [9.17, 15) is 4.79 Å². The largest absolute Gasteiger partial charge is 0.364 e. The van der Waals surface area contributed by atoms with E-state index in [2.05, 4.69) is 49.4 Å². The van der Waals surface area contributed by atoms with Gasteiger partial charge in [-0.1, -0.05) is 25.1 Å². The highest BCUT2D eigenvalue weighted by Crippen LogP contribution is 2.30. The minimum Gasteiger partial charge on any atom is -0.364 e. The molecule has 1 fully saturated rings. The van der Waals surface area contributed by atoms with Crippen molar-refractivity contribution in [1.82, 2.24) is 34.8 Å². The minimum absolute atomic E-state index is 0.00274. The van der Waals surface area contributed by atoms with Crippen LogP contribution in [-0.4, -0.2) is 59.9 Å². The standard InChI is InChI=1S/C18H22ClN9O/c1-4-13(29)28-6-5-10(2)12(9-28)22-16-14-15(19)25-26-17(14)24-18(23-16)21-11-7-20-27(3)8-11/h4,7-8,10,12H,1,5-6,9H2,2-3H3,(H3,21,22,23,24,25,26)/t10-,12+/m1/s1. The minimum atomic E-state index is -0.0724. The maximum Gasteiger partial charge on any atom is 0.246 e. The number of nitrogens with zero attached hydrogens (tertiary/aromatic N) is 6. The molecule has 4 heterocycles. The van der Waals surface area contributed by atoms with E-state index in [-0.39, 0.29) is 17.1 Å². The molecule has 1 aliphatic heterocycles. The first-order valence-electron chi connectivity index (χ1n) is 9.29. The Labute approximate surface area is 172 Å². The van der Waals surface area contributed by atoms with E-state index in [1.165, 1.54) is 6.08 Å². The number of hydrogen-bond donors (Lipinski definition) is 3. The average molecular weight is 416 g/mol. The van der Waals surface area contributed by atoms with Gasteiger partial charge in [0.05, 0.1) is 11.9 Å². The molecule has 0 unspecified atom stereocenters. The second-order valence-electron chi connectivity index (χ2n) is 7.17. The molecule has 10 nitrogen and oxygen atoms in total. The SMILES string of the molecule is C=CC(=O)N1CC[C@@H](C)[C@@H](Nc2nc(Nc3cnn(C)c3)nc3[nH]nc(Cl)c23)C1. The fourth-order valence-electron chi connectivity index (χ4n) is 3.43. The van der Waals surface area contributed by atoms with Gasteiger partial charge in [0, 0.05) is 32.4 Å².